The highest BCUT2D eigenvalue weighted by atomic mass is 32.2. The minimum absolute atomic E-state index is 0.804. The molecule has 0 radical (unpaired) electrons. The second-order valence-corrected chi connectivity index (χ2v) is 4.16. The molecule has 0 aliphatic rings. The predicted octanol–water partition coefficient (Wildman–Crippen LogP) is 2.51. The van der Waals surface area contributed by atoms with Gasteiger partial charge in [-0.3, -0.25) is 4.21 Å². The van der Waals surface area contributed by atoms with E-state index in [0.717, 1.165) is 12.8 Å². The molecular weight excluding hydrogens is 180 g/mol. The molecule has 1 rings (SSSR count). The largest absolute Gasteiger partial charge is 0.255 e. The molecule has 0 aromatic heterocycles. The van der Waals surface area contributed by atoms with E-state index in [1.807, 2.05) is 24.3 Å². The van der Waals surface area contributed by atoms with Gasteiger partial charge in [0.2, 0.25) is 0 Å². The molecule has 0 spiro atoms. The summed E-state index contributed by atoms with van der Waals surface area (Å²) in [5.74, 6) is 0. The third-order valence-electron chi connectivity index (χ3n) is 1.73. The molecule has 0 aliphatic heterocycles. The summed E-state index contributed by atoms with van der Waals surface area (Å²) in [5, 5.41) is 1.74. The van der Waals surface area contributed by atoms with Crippen LogP contribution in [-0.4, -0.2) is 10.5 Å². The molecule has 2 heteroatoms. The highest BCUT2D eigenvalue weighted by Gasteiger charge is 1.88. The molecule has 1 aromatic carbocycles. The van der Waals surface area contributed by atoms with Gasteiger partial charge in [0.15, 0.2) is 0 Å². The fraction of sp³-hybridized carbons (Fsp3) is 0.273. The summed E-state index contributed by atoms with van der Waals surface area (Å²) in [6, 6.07) is 10.3. The number of hydrogen-bond acceptors (Lipinski definition) is 1. The second-order valence-electron chi connectivity index (χ2n) is 2.89. The van der Waals surface area contributed by atoms with Crippen molar-refractivity contribution in [3.05, 3.63) is 47.4 Å². The van der Waals surface area contributed by atoms with Crippen molar-refractivity contribution >= 4 is 10.8 Å². The van der Waals surface area contributed by atoms with E-state index in [0.29, 0.717) is 0 Å². The molecule has 0 aliphatic carbocycles. The van der Waals surface area contributed by atoms with Crippen LogP contribution in [0.4, 0.5) is 0 Å². The molecule has 0 N–H and O–H groups in total. The van der Waals surface area contributed by atoms with Crippen LogP contribution in [0.2, 0.25) is 0 Å². The van der Waals surface area contributed by atoms with Gasteiger partial charge in [0.05, 0.1) is 0 Å². The van der Waals surface area contributed by atoms with Crippen LogP contribution in [0.15, 0.2) is 41.8 Å². The van der Waals surface area contributed by atoms with Gasteiger partial charge in [-0.15, -0.1) is 0 Å². The van der Waals surface area contributed by atoms with Crippen molar-refractivity contribution in [2.75, 3.05) is 6.26 Å². The standard InChI is InChI=1S/C11H14OS/c1-13(12)10-6-5-9-11-7-3-2-4-8-11/h2-4,6-8,10H,5,9H2,1H3/b10-6+. The van der Waals surface area contributed by atoms with Crippen LogP contribution in [-0.2, 0) is 17.2 Å². The number of allylic oxidation sites excluding steroid dienone is 1. The number of aryl methyl sites for hydroxylation is 1. The summed E-state index contributed by atoms with van der Waals surface area (Å²) >= 11 is 0. The number of rotatable bonds is 4. The molecule has 1 atom stereocenters. The Labute approximate surface area is 81.9 Å². The first-order valence-corrected chi connectivity index (χ1v) is 5.94. The van der Waals surface area contributed by atoms with Crippen molar-refractivity contribution in [3.8, 4) is 0 Å². The molecule has 0 fully saturated rings. The number of hydrogen-bond donors (Lipinski definition) is 0. The Morgan fingerprint density at radius 2 is 2.00 bits per heavy atom. The lowest BCUT2D eigenvalue weighted by molar-refractivity contribution is 0.691. The lowest BCUT2D eigenvalue weighted by Crippen LogP contribution is -1.82. The molecule has 1 nitrogen and oxygen atoms in total. The third-order valence-corrected chi connectivity index (χ3v) is 2.31. The van der Waals surface area contributed by atoms with Crippen molar-refractivity contribution in [2.24, 2.45) is 0 Å². The van der Waals surface area contributed by atoms with Gasteiger partial charge in [-0.2, -0.15) is 0 Å². The lowest BCUT2D eigenvalue weighted by Gasteiger charge is -1.95. The van der Waals surface area contributed by atoms with E-state index < -0.39 is 10.8 Å². The van der Waals surface area contributed by atoms with Gasteiger partial charge >= 0.3 is 0 Å². The Morgan fingerprint density at radius 3 is 2.62 bits per heavy atom. The van der Waals surface area contributed by atoms with E-state index in [2.05, 4.69) is 12.1 Å². The van der Waals surface area contributed by atoms with Gasteiger partial charge in [0, 0.05) is 17.1 Å². The first kappa shape index (κ1) is 10.2. The molecule has 13 heavy (non-hydrogen) atoms. The monoisotopic (exact) mass is 194 g/mol. The van der Waals surface area contributed by atoms with Gasteiger partial charge in [-0.05, 0) is 23.8 Å². The van der Waals surface area contributed by atoms with Gasteiger partial charge in [0.1, 0.15) is 0 Å². The van der Waals surface area contributed by atoms with E-state index >= 15 is 0 Å². The zero-order valence-electron chi connectivity index (χ0n) is 7.77. The van der Waals surface area contributed by atoms with Crippen LogP contribution < -0.4 is 0 Å². The Balaban J connectivity index is 2.32. The quantitative estimate of drug-likeness (QED) is 0.719. The molecule has 0 bridgehead atoms. The van der Waals surface area contributed by atoms with Crippen molar-refractivity contribution in [1.82, 2.24) is 0 Å². The maximum absolute atomic E-state index is 10.7. The van der Waals surface area contributed by atoms with Crippen LogP contribution in [0.5, 0.6) is 0 Å². The third kappa shape index (κ3) is 4.63. The van der Waals surface area contributed by atoms with E-state index in [1.54, 1.807) is 11.7 Å². The summed E-state index contributed by atoms with van der Waals surface area (Å²) in [4.78, 5) is 0. The van der Waals surface area contributed by atoms with Crippen LogP contribution in [0.3, 0.4) is 0 Å². The molecule has 70 valence electrons. The maximum atomic E-state index is 10.7. The first-order valence-electron chi connectivity index (χ1n) is 4.32. The average molecular weight is 194 g/mol. The van der Waals surface area contributed by atoms with Gasteiger partial charge in [-0.1, -0.05) is 36.4 Å². The lowest BCUT2D eigenvalue weighted by atomic mass is 10.1. The Bertz CT molecular complexity index is 290. The fourth-order valence-electron chi connectivity index (χ4n) is 1.10. The normalized spacial score (nSPS) is 13.3. The molecule has 1 aromatic rings. The maximum Gasteiger partial charge on any atom is 0.0421 e. The van der Waals surface area contributed by atoms with Crippen molar-refractivity contribution < 1.29 is 4.21 Å². The van der Waals surface area contributed by atoms with Crippen molar-refractivity contribution in [1.29, 1.82) is 0 Å². The summed E-state index contributed by atoms with van der Waals surface area (Å²) < 4.78 is 10.7. The molecular formula is C11H14OS. The average Bonchev–Trinajstić information content (AvgIpc) is 2.14. The van der Waals surface area contributed by atoms with Crippen LogP contribution in [0, 0.1) is 0 Å². The highest BCUT2D eigenvalue weighted by molar-refractivity contribution is 7.87. The van der Waals surface area contributed by atoms with Gasteiger partial charge in [0.25, 0.3) is 0 Å². The smallest absolute Gasteiger partial charge is 0.0421 e. The minimum Gasteiger partial charge on any atom is -0.255 e. The SMILES string of the molecule is CS(=O)/C=C/CCc1ccccc1. The Kier molecular flexibility index (Phi) is 4.47. The van der Waals surface area contributed by atoms with Crippen molar-refractivity contribution in [2.45, 2.75) is 12.8 Å². The number of benzene rings is 1. The first-order chi connectivity index (χ1) is 6.29. The van der Waals surface area contributed by atoms with Crippen LogP contribution in [0.25, 0.3) is 0 Å². The molecule has 0 heterocycles. The summed E-state index contributed by atoms with van der Waals surface area (Å²) in [7, 11) is -0.804. The van der Waals surface area contributed by atoms with E-state index in [4.69, 9.17) is 0 Å². The summed E-state index contributed by atoms with van der Waals surface area (Å²) in [6.45, 7) is 0. The molecule has 0 amide bonds. The molecule has 1 unspecified atom stereocenters. The predicted molar refractivity (Wildman–Crippen MR) is 58.0 cm³/mol. The van der Waals surface area contributed by atoms with Gasteiger partial charge < -0.3 is 0 Å². The zero-order chi connectivity index (χ0) is 9.52. The topological polar surface area (TPSA) is 17.1 Å². The molecule has 0 saturated heterocycles. The second kappa shape index (κ2) is 5.70. The summed E-state index contributed by atoms with van der Waals surface area (Å²) in [5.41, 5.74) is 1.33. The Hall–Kier alpha value is -0.890. The zero-order valence-corrected chi connectivity index (χ0v) is 8.59. The van der Waals surface area contributed by atoms with Crippen LogP contribution >= 0.6 is 0 Å². The van der Waals surface area contributed by atoms with E-state index in [9.17, 15) is 4.21 Å². The fourth-order valence-corrected chi connectivity index (χ4v) is 1.51. The van der Waals surface area contributed by atoms with Crippen molar-refractivity contribution in [3.63, 3.8) is 0 Å². The van der Waals surface area contributed by atoms with E-state index in [-0.39, 0.29) is 0 Å². The van der Waals surface area contributed by atoms with Gasteiger partial charge in [-0.25, -0.2) is 0 Å². The Morgan fingerprint density at radius 1 is 1.31 bits per heavy atom. The summed E-state index contributed by atoms with van der Waals surface area (Å²) in [6.07, 6.45) is 5.64. The minimum atomic E-state index is -0.804. The molecule has 0 saturated carbocycles. The van der Waals surface area contributed by atoms with E-state index in [1.165, 1.54) is 5.56 Å². The highest BCUT2D eigenvalue weighted by Crippen LogP contribution is 2.02. The van der Waals surface area contributed by atoms with Crippen LogP contribution in [0.1, 0.15) is 12.0 Å².